The predicted octanol–water partition coefficient (Wildman–Crippen LogP) is 0.689. The van der Waals surface area contributed by atoms with Gasteiger partial charge in [0.25, 0.3) is 0 Å². The zero-order valence-electron chi connectivity index (χ0n) is 12.1. The van der Waals surface area contributed by atoms with Crippen molar-refractivity contribution in [1.29, 1.82) is 0 Å². The van der Waals surface area contributed by atoms with E-state index in [2.05, 4.69) is 20.4 Å². The summed E-state index contributed by atoms with van der Waals surface area (Å²) < 4.78 is 1.45. The van der Waals surface area contributed by atoms with Crippen LogP contribution in [-0.2, 0) is 22.6 Å². The van der Waals surface area contributed by atoms with Gasteiger partial charge >= 0.3 is 5.97 Å². The number of halogens is 1. The Morgan fingerprint density at radius 3 is 2.73 bits per heavy atom. The first-order valence-electron chi connectivity index (χ1n) is 6.57. The summed E-state index contributed by atoms with van der Waals surface area (Å²) in [6, 6.07) is -1.04. The van der Waals surface area contributed by atoms with Crippen LogP contribution in [0.3, 0.4) is 0 Å². The van der Waals surface area contributed by atoms with Crippen LogP contribution in [-0.4, -0.2) is 42.8 Å². The number of nitrogens with one attached hydrogen (secondary N) is 2. The molecule has 0 bridgehead atoms. The van der Waals surface area contributed by atoms with E-state index < -0.39 is 17.9 Å². The van der Waals surface area contributed by atoms with Gasteiger partial charge in [0.1, 0.15) is 12.6 Å². The maximum Gasteiger partial charge on any atom is 0.326 e. The van der Waals surface area contributed by atoms with Crippen LogP contribution in [0.25, 0.3) is 0 Å². The van der Waals surface area contributed by atoms with E-state index >= 15 is 0 Å². The van der Waals surface area contributed by atoms with Gasteiger partial charge in [0.15, 0.2) is 0 Å². The van der Waals surface area contributed by atoms with Crippen LogP contribution in [0.1, 0.15) is 17.1 Å². The van der Waals surface area contributed by atoms with Crippen molar-refractivity contribution < 1.29 is 14.7 Å². The molecular formula is C13H16ClN5O3. The van der Waals surface area contributed by atoms with E-state index in [0.717, 1.165) is 0 Å². The largest absolute Gasteiger partial charge is 0.480 e. The number of aromatic nitrogens is 4. The number of aryl methyl sites for hydroxylation is 1. The molecule has 2 heterocycles. The van der Waals surface area contributed by atoms with E-state index in [-0.39, 0.29) is 13.0 Å². The van der Waals surface area contributed by atoms with Gasteiger partial charge < -0.3 is 15.4 Å². The Labute approximate surface area is 131 Å². The number of hydrogen-bond donors (Lipinski definition) is 3. The van der Waals surface area contributed by atoms with Gasteiger partial charge in [-0.1, -0.05) is 11.6 Å². The molecule has 0 aliphatic heterocycles. The van der Waals surface area contributed by atoms with Crippen molar-refractivity contribution in [3.63, 3.8) is 0 Å². The lowest BCUT2D eigenvalue weighted by atomic mass is 10.1. The lowest BCUT2D eigenvalue weighted by Crippen LogP contribution is -2.44. The van der Waals surface area contributed by atoms with Crippen molar-refractivity contribution in [3.8, 4) is 0 Å². The molecule has 0 saturated carbocycles. The van der Waals surface area contributed by atoms with Crippen LogP contribution < -0.4 is 5.32 Å². The monoisotopic (exact) mass is 325 g/mol. The highest BCUT2D eigenvalue weighted by molar-refractivity contribution is 6.31. The van der Waals surface area contributed by atoms with Gasteiger partial charge in [-0.25, -0.2) is 9.78 Å². The van der Waals surface area contributed by atoms with Crippen LogP contribution >= 0.6 is 11.6 Å². The van der Waals surface area contributed by atoms with Gasteiger partial charge in [0, 0.05) is 18.3 Å². The zero-order chi connectivity index (χ0) is 16.3. The predicted molar refractivity (Wildman–Crippen MR) is 78.6 cm³/mol. The first-order valence-corrected chi connectivity index (χ1v) is 6.95. The van der Waals surface area contributed by atoms with Gasteiger partial charge in [-0.15, -0.1) is 0 Å². The molecule has 0 aromatic carbocycles. The number of imidazole rings is 1. The zero-order valence-corrected chi connectivity index (χ0v) is 12.9. The third-order valence-electron chi connectivity index (χ3n) is 3.20. The highest BCUT2D eigenvalue weighted by Gasteiger charge is 2.22. The minimum absolute atomic E-state index is 0.0911. The van der Waals surface area contributed by atoms with Crippen molar-refractivity contribution in [2.75, 3.05) is 0 Å². The van der Waals surface area contributed by atoms with Crippen molar-refractivity contribution in [3.05, 3.63) is 34.6 Å². The topological polar surface area (TPSA) is 113 Å². The smallest absolute Gasteiger partial charge is 0.326 e. The molecule has 8 nitrogen and oxygen atoms in total. The second-order valence-electron chi connectivity index (χ2n) is 4.88. The Hall–Kier alpha value is -2.35. The summed E-state index contributed by atoms with van der Waals surface area (Å²) in [6.45, 7) is 3.39. The van der Waals surface area contributed by atoms with Gasteiger partial charge in [0.2, 0.25) is 5.91 Å². The number of carbonyl (C=O) groups excluding carboxylic acids is 1. The minimum Gasteiger partial charge on any atom is -0.480 e. The number of aliphatic carboxylic acids is 1. The Balaban J connectivity index is 2.02. The highest BCUT2D eigenvalue weighted by atomic mass is 35.5. The number of carboxylic acids is 1. The van der Waals surface area contributed by atoms with Crippen molar-refractivity contribution >= 4 is 23.5 Å². The van der Waals surface area contributed by atoms with E-state index in [4.69, 9.17) is 11.6 Å². The maximum absolute atomic E-state index is 12.0. The number of aromatic amines is 1. The number of carboxylic acid groups (broad SMARTS) is 1. The molecule has 1 amide bonds. The number of rotatable bonds is 6. The van der Waals surface area contributed by atoms with Gasteiger partial charge in [-0.2, -0.15) is 5.10 Å². The average Bonchev–Trinajstić information content (AvgIpc) is 3.03. The molecule has 2 rings (SSSR count). The molecule has 22 heavy (non-hydrogen) atoms. The first kappa shape index (κ1) is 16.0. The van der Waals surface area contributed by atoms with Crippen molar-refractivity contribution in [1.82, 2.24) is 25.1 Å². The molecule has 1 atom stereocenters. The number of hydrogen-bond acceptors (Lipinski definition) is 4. The van der Waals surface area contributed by atoms with Crippen molar-refractivity contribution in [2.24, 2.45) is 0 Å². The number of amides is 1. The third kappa shape index (κ3) is 3.64. The van der Waals surface area contributed by atoms with Gasteiger partial charge in [-0.3, -0.25) is 9.48 Å². The summed E-state index contributed by atoms with van der Waals surface area (Å²) in [5.74, 6) is -1.57. The van der Waals surface area contributed by atoms with E-state index in [9.17, 15) is 14.7 Å². The molecule has 118 valence electrons. The first-order chi connectivity index (χ1) is 10.4. The average molecular weight is 326 g/mol. The van der Waals surface area contributed by atoms with Crippen LogP contribution in [0.2, 0.25) is 5.02 Å². The van der Waals surface area contributed by atoms with Crippen LogP contribution in [0.5, 0.6) is 0 Å². The van der Waals surface area contributed by atoms with E-state index in [0.29, 0.717) is 22.1 Å². The minimum atomic E-state index is -1.12. The molecule has 0 aliphatic carbocycles. The van der Waals surface area contributed by atoms with Crippen LogP contribution in [0.15, 0.2) is 12.5 Å². The summed E-state index contributed by atoms with van der Waals surface area (Å²) >= 11 is 6.01. The fourth-order valence-electron chi connectivity index (χ4n) is 2.02. The molecule has 0 spiro atoms. The number of nitrogens with zero attached hydrogens (tertiary/aromatic N) is 3. The molecule has 0 fully saturated rings. The second kappa shape index (κ2) is 6.61. The Kier molecular flexibility index (Phi) is 4.81. The Bertz CT molecular complexity index is 680. The molecule has 0 aliphatic rings. The SMILES string of the molecule is Cc1nn(CC(=O)N[C@@H](Cc2cnc[nH]2)C(=O)O)c(C)c1Cl. The Morgan fingerprint density at radius 2 is 2.23 bits per heavy atom. The normalized spacial score (nSPS) is 12.1. The fourth-order valence-corrected chi connectivity index (χ4v) is 2.16. The molecular weight excluding hydrogens is 310 g/mol. The van der Waals surface area contributed by atoms with E-state index in [1.165, 1.54) is 17.2 Å². The lowest BCUT2D eigenvalue weighted by Gasteiger charge is -2.14. The third-order valence-corrected chi connectivity index (χ3v) is 3.75. The second-order valence-corrected chi connectivity index (χ2v) is 5.26. The lowest BCUT2D eigenvalue weighted by molar-refractivity contribution is -0.141. The summed E-state index contributed by atoms with van der Waals surface area (Å²) in [7, 11) is 0. The Morgan fingerprint density at radius 1 is 1.50 bits per heavy atom. The van der Waals surface area contributed by atoms with E-state index in [1.54, 1.807) is 13.8 Å². The maximum atomic E-state index is 12.0. The number of H-pyrrole nitrogens is 1. The van der Waals surface area contributed by atoms with Gasteiger partial charge in [0.05, 0.1) is 22.7 Å². The van der Waals surface area contributed by atoms with Crippen LogP contribution in [0, 0.1) is 13.8 Å². The molecule has 2 aromatic rings. The molecule has 0 saturated heterocycles. The molecule has 3 N–H and O–H groups in total. The fraction of sp³-hybridized carbons (Fsp3) is 0.385. The number of carbonyl (C=O) groups is 2. The highest BCUT2D eigenvalue weighted by Crippen LogP contribution is 2.18. The molecule has 9 heteroatoms. The standard InChI is InChI=1S/C13H16ClN5O3/c1-7-12(14)8(2)19(18-7)5-11(20)17-10(13(21)22)3-9-4-15-6-16-9/h4,6,10H,3,5H2,1-2H3,(H,15,16)(H,17,20)(H,21,22)/t10-/m0/s1. The van der Waals surface area contributed by atoms with E-state index in [1.807, 2.05) is 0 Å². The summed E-state index contributed by atoms with van der Waals surface area (Å²) in [5, 5.41) is 16.3. The van der Waals surface area contributed by atoms with Gasteiger partial charge in [-0.05, 0) is 13.8 Å². The molecule has 0 radical (unpaired) electrons. The molecule has 2 aromatic heterocycles. The quantitative estimate of drug-likeness (QED) is 0.723. The summed E-state index contributed by atoms with van der Waals surface area (Å²) in [5.41, 5.74) is 1.91. The van der Waals surface area contributed by atoms with Crippen molar-refractivity contribution in [2.45, 2.75) is 32.9 Å². The van der Waals surface area contributed by atoms with Crippen LogP contribution in [0.4, 0.5) is 0 Å². The summed E-state index contributed by atoms with van der Waals surface area (Å²) in [6.07, 6.45) is 3.09. The molecule has 0 unspecified atom stereocenters. The summed E-state index contributed by atoms with van der Waals surface area (Å²) in [4.78, 5) is 29.9.